The minimum absolute atomic E-state index is 0.198. The number of nitrogen functional groups attached to an aromatic ring is 1. The summed E-state index contributed by atoms with van der Waals surface area (Å²) in [6.45, 7) is 1.71. The van der Waals surface area contributed by atoms with Gasteiger partial charge in [-0.2, -0.15) is 0 Å². The minimum atomic E-state index is 0.198. The first-order valence-corrected chi connectivity index (χ1v) is 6.97. The summed E-state index contributed by atoms with van der Waals surface area (Å²) >= 11 is 6.21. The molecule has 1 saturated carbocycles. The van der Waals surface area contributed by atoms with E-state index in [9.17, 15) is 5.11 Å². The summed E-state index contributed by atoms with van der Waals surface area (Å²) in [6.07, 6.45) is 5.04. The second-order valence-corrected chi connectivity index (χ2v) is 5.39. The number of anilines is 1. The van der Waals surface area contributed by atoms with Gasteiger partial charge in [0.2, 0.25) is 0 Å². The van der Waals surface area contributed by atoms with Crippen LogP contribution >= 0.6 is 11.6 Å². The molecular weight excluding hydrogens is 248 g/mol. The van der Waals surface area contributed by atoms with Gasteiger partial charge in [-0.25, -0.2) is 0 Å². The fraction of sp³-hybridized carbons (Fsp3) is 0.571. The van der Waals surface area contributed by atoms with Crippen LogP contribution in [0.5, 0.6) is 0 Å². The molecule has 0 heterocycles. The molecule has 1 fully saturated rings. The predicted molar refractivity (Wildman–Crippen MR) is 75.6 cm³/mol. The lowest BCUT2D eigenvalue weighted by molar-refractivity contribution is 0.145. The molecule has 100 valence electrons. The van der Waals surface area contributed by atoms with Crippen molar-refractivity contribution in [3.8, 4) is 0 Å². The van der Waals surface area contributed by atoms with Gasteiger partial charge in [-0.3, -0.25) is 4.90 Å². The fourth-order valence-corrected chi connectivity index (χ4v) is 2.95. The summed E-state index contributed by atoms with van der Waals surface area (Å²) in [5, 5.41) is 9.91. The largest absolute Gasteiger partial charge is 0.399 e. The summed E-state index contributed by atoms with van der Waals surface area (Å²) in [5.41, 5.74) is 7.48. The molecule has 18 heavy (non-hydrogen) atoms. The summed E-state index contributed by atoms with van der Waals surface area (Å²) in [6, 6.07) is 6.25. The number of aliphatic hydroxyl groups excluding tert-OH is 1. The van der Waals surface area contributed by atoms with Gasteiger partial charge in [-0.15, -0.1) is 0 Å². The van der Waals surface area contributed by atoms with Crippen LogP contribution in [0.2, 0.25) is 5.02 Å². The summed E-state index contributed by atoms with van der Waals surface area (Å²) in [4.78, 5) is 2.34. The Bertz CT molecular complexity index is 391. The second-order valence-electron chi connectivity index (χ2n) is 4.98. The molecule has 3 nitrogen and oxygen atoms in total. The number of benzene rings is 1. The molecule has 0 bridgehead atoms. The van der Waals surface area contributed by atoms with Gasteiger partial charge in [0, 0.05) is 29.8 Å². The van der Waals surface area contributed by atoms with E-state index in [2.05, 4.69) is 4.90 Å². The number of aliphatic hydroxyl groups is 1. The van der Waals surface area contributed by atoms with Crippen molar-refractivity contribution in [2.75, 3.05) is 18.9 Å². The molecule has 0 atom stereocenters. The summed E-state index contributed by atoms with van der Waals surface area (Å²) in [7, 11) is 0. The average molecular weight is 269 g/mol. The van der Waals surface area contributed by atoms with Crippen LogP contribution in [0.15, 0.2) is 18.2 Å². The molecule has 1 aromatic carbocycles. The molecule has 1 aromatic rings. The van der Waals surface area contributed by atoms with Crippen molar-refractivity contribution in [2.24, 2.45) is 0 Å². The van der Waals surface area contributed by atoms with Gasteiger partial charge in [0.15, 0.2) is 0 Å². The van der Waals surface area contributed by atoms with E-state index in [1.807, 2.05) is 12.1 Å². The number of halogens is 1. The normalized spacial score (nSPS) is 16.6. The van der Waals surface area contributed by atoms with Gasteiger partial charge < -0.3 is 10.8 Å². The minimum Gasteiger partial charge on any atom is -0.399 e. The highest BCUT2D eigenvalue weighted by atomic mass is 35.5. The Kier molecular flexibility index (Phi) is 4.87. The zero-order valence-corrected chi connectivity index (χ0v) is 11.4. The van der Waals surface area contributed by atoms with Crippen molar-refractivity contribution in [1.82, 2.24) is 4.90 Å². The lowest BCUT2D eigenvalue weighted by Gasteiger charge is -2.28. The third-order valence-corrected chi connectivity index (χ3v) is 4.03. The van der Waals surface area contributed by atoms with Crippen molar-refractivity contribution < 1.29 is 5.11 Å². The SMILES string of the molecule is Nc1ccc(CN(CCO)C2CCCC2)c(Cl)c1. The lowest BCUT2D eigenvalue weighted by atomic mass is 10.1. The van der Waals surface area contributed by atoms with Gasteiger partial charge in [0.05, 0.1) is 6.61 Å². The number of nitrogens with two attached hydrogens (primary N) is 1. The van der Waals surface area contributed by atoms with Crippen LogP contribution < -0.4 is 5.73 Å². The monoisotopic (exact) mass is 268 g/mol. The highest BCUT2D eigenvalue weighted by molar-refractivity contribution is 6.31. The Hall–Kier alpha value is -0.770. The molecule has 0 spiro atoms. The zero-order chi connectivity index (χ0) is 13.0. The Morgan fingerprint density at radius 2 is 2.06 bits per heavy atom. The molecule has 3 N–H and O–H groups in total. The molecule has 0 amide bonds. The van der Waals surface area contributed by atoms with Gasteiger partial charge >= 0.3 is 0 Å². The highest BCUT2D eigenvalue weighted by Gasteiger charge is 2.22. The van der Waals surface area contributed by atoms with Crippen LogP contribution in [0.1, 0.15) is 31.2 Å². The predicted octanol–water partition coefficient (Wildman–Crippen LogP) is 2.66. The van der Waals surface area contributed by atoms with E-state index in [4.69, 9.17) is 17.3 Å². The van der Waals surface area contributed by atoms with Crippen molar-refractivity contribution in [2.45, 2.75) is 38.3 Å². The molecule has 2 rings (SSSR count). The lowest BCUT2D eigenvalue weighted by Crippen LogP contribution is -2.35. The number of hydrogen-bond donors (Lipinski definition) is 2. The highest BCUT2D eigenvalue weighted by Crippen LogP contribution is 2.27. The van der Waals surface area contributed by atoms with Crippen molar-refractivity contribution >= 4 is 17.3 Å². The van der Waals surface area contributed by atoms with Crippen LogP contribution in [0.3, 0.4) is 0 Å². The molecule has 4 heteroatoms. The quantitative estimate of drug-likeness (QED) is 0.808. The molecular formula is C14H21ClN2O. The fourth-order valence-electron chi connectivity index (χ4n) is 2.70. The topological polar surface area (TPSA) is 49.5 Å². The third-order valence-electron chi connectivity index (χ3n) is 3.68. The molecule has 0 radical (unpaired) electrons. The number of rotatable bonds is 5. The van der Waals surface area contributed by atoms with E-state index >= 15 is 0 Å². The van der Waals surface area contributed by atoms with Crippen LogP contribution in [0.25, 0.3) is 0 Å². The smallest absolute Gasteiger partial charge is 0.0558 e. The molecule has 1 aliphatic carbocycles. The Morgan fingerprint density at radius 3 is 2.67 bits per heavy atom. The van der Waals surface area contributed by atoms with Crippen molar-refractivity contribution in [1.29, 1.82) is 0 Å². The van der Waals surface area contributed by atoms with Crippen LogP contribution in [0, 0.1) is 0 Å². The van der Waals surface area contributed by atoms with Gasteiger partial charge in [-0.1, -0.05) is 30.5 Å². The van der Waals surface area contributed by atoms with Gasteiger partial charge in [0.25, 0.3) is 0 Å². The van der Waals surface area contributed by atoms with Crippen molar-refractivity contribution in [3.05, 3.63) is 28.8 Å². The zero-order valence-electron chi connectivity index (χ0n) is 10.6. The molecule has 1 aliphatic rings. The van der Waals surface area contributed by atoms with E-state index < -0.39 is 0 Å². The Balaban J connectivity index is 2.07. The maximum absolute atomic E-state index is 9.19. The van der Waals surface area contributed by atoms with Crippen molar-refractivity contribution in [3.63, 3.8) is 0 Å². The van der Waals surface area contributed by atoms with E-state index in [1.54, 1.807) is 6.07 Å². The van der Waals surface area contributed by atoms with E-state index in [-0.39, 0.29) is 6.61 Å². The van der Waals surface area contributed by atoms with E-state index in [0.717, 1.165) is 17.1 Å². The number of hydrogen-bond acceptors (Lipinski definition) is 3. The molecule has 0 aliphatic heterocycles. The summed E-state index contributed by atoms with van der Waals surface area (Å²) < 4.78 is 0. The second kappa shape index (κ2) is 6.41. The standard InChI is InChI=1S/C14H21ClN2O/c15-14-9-12(16)6-5-11(14)10-17(7-8-18)13-3-1-2-4-13/h5-6,9,13,18H,1-4,7-8,10,16H2. The average Bonchev–Trinajstić information content (AvgIpc) is 2.85. The van der Waals surface area contributed by atoms with Gasteiger partial charge in [0.1, 0.15) is 0 Å². The first-order valence-electron chi connectivity index (χ1n) is 6.59. The molecule has 0 aromatic heterocycles. The van der Waals surface area contributed by atoms with E-state index in [0.29, 0.717) is 18.3 Å². The van der Waals surface area contributed by atoms with Crippen LogP contribution in [-0.4, -0.2) is 29.2 Å². The maximum atomic E-state index is 9.19. The first kappa shape index (κ1) is 13.7. The Labute approximate surface area is 114 Å². The molecule has 0 saturated heterocycles. The maximum Gasteiger partial charge on any atom is 0.0558 e. The van der Waals surface area contributed by atoms with Crippen LogP contribution in [-0.2, 0) is 6.54 Å². The Morgan fingerprint density at radius 1 is 1.33 bits per heavy atom. The van der Waals surface area contributed by atoms with Crippen LogP contribution in [0.4, 0.5) is 5.69 Å². The van der Waals surface area contributed by atoms with Gasteiger partial charge in [-0.05, 0) is 30.5 Å². The van der Waals surface area contributed by atoms with E-state index in [1.165, 1.54) is 25.7 Å². The number of nitrogens with zero attached hydrogens (tertiary/aromatic N) is 1. The third kappa shape index (κ3) is 3.37. The summed E-state index contributed by atoms with van der Waals surface area (Å²) in [5.74, 6) is 0. The molecule has 0 unspecified atom stereocenters. The first-order chi connectivity index (χ1) is 8.70.